The van der Waals surface area contributed by atoms with E-state index in [0.717, 1.165) is 32.1 Å². The smallest absolute Gasteiger partial charge is 0.401 e. The van der Waals surface area contributed by atoms with Crippen LogP contribution in [0.25, 0.3) is 0 Å². The van der Waals surface area contributed by atoms with E-state index in [4.69, 9.17) is 18.9 Å². The highest BCUT2D eigenvalue weighted by atomic mass is 16.7. The van der Waals surface area contributed by atoms with Gasteiger partial charge in [0.05, 0.1) is 17.8 Å². The summed E-state index contributed by atoms with van der Waals surface area (Å²) in [5, 5.41) is 2.24. The Labute approximate surface area is 192 Å². The molecule has 2 aliphatic rings. The molecule has 2 heterocycles. The summed E-state index contributed by atoms with van der Waals surface area (Å²) in [4.78, 5) is 6.85. The Hall–Kier alpha value is -0.395. The van der Waals surface area contributed by atoms with Gasteiger partial charge in [-0.3, -0.25) is 4.84 Å². The van der Waals surface area contributed by atoms with Crippen molar-refractivity contribution >= 4 is 7.12 Å². The standard InChI is InChI=1S/C25H48BNO4/c1-11-13-14-19-28-21(26-30-24(7,8)25(9,10)31-26)20(16-12-2)29-27-22(3,4)17-15-18-23(27,5)6/h13-14,20-21H,11-12,15-19H2,1-10H3/b14-13-. The third kappa shape index (κ3) is 6.35. The Bertz CT molecular complexity index is 570. The zero-order valence-corrected chi connectivity index (χ0v) is 21.9. The minimum atomic E-state index is -0.465. The predicted octanol–water partition coefficient (Wildman–Crippen LogP) is 6.11. The number of hydrogen-bond donors (Lipinski definition) is 0. The highest BCUT2D eigenvalue weighted by Crippen LogP contribution is 2.42. The summed E-state index contributed by atoms with van der Waals surface area (Å²) >= 11 is 0. The normalized spacial score (nSPS) is 27.0. The van der Waals surface area contributed by atoms with Crippen LogP contribution in [0.3, 0.4) is 0 Å². The molecule has 0 aliphatic carbocycles. The molecule has 2 unspecified atom stereocenters. The van der Waals surface area contributed by atoms with Crippen LogP contribution in [0, 0.1) is 0 Å². The van der Waals surface area contributed by atoms with Crippen molar-refractivity contribution in [2.24, 2.45) is 0 Å². The van der Waals surface area contributed by atoms with Crippen LogP contribution < -0.4 is 0 Å². The maximum atomic E-state index is 6.85. The first-order chi connectivity index (χ1) is 14.3. The zero-order valence-electron chi connectivity index (χ0n) is 21.9. The van der Waals surface area contributed by atoms with Crippen LogP contribution >= 0.6 is 0 Å². The summed E-state index contributed by atoms with van der Waals surface area (Å²) in [7, 11) is -0.465. The van der Waals surface area contributed by atoms with E-state index in [0.29, 0.717) is 6.61 Å². The first-order valence-corrected chi connectivity index (χ1v) is 12.4. The third-order valence-corrected chi connectivity index (χ3v) is 7.18. The lowest BCUT2D eigenvalue weighted by atomic mass is 9.76. The summed E-state index contributed by atoms with van der Waals surface area (Å²) in [6.07, 6.45) is 10.4. The molecule has 2 saturated heterocycles. The van der Waals surface area contributed by atoms with E-state index in [9.17, 15) is 0 Å². The number of piperidine rings is 1. The van der Waals surface area contributed by atoms with E-state index < -0.39 is 18.3 Å². The van der Waals surface area contributed by atoms with Crippen molar-refractivity contribution in [1.29, 1.82) is 0 Å². The molecule has 5 nitrogen and oxygen atoms in total. The molecule has 0 saturated carbocycles. The maximum Gasteiger partial charge on any atom is 0.491 e. The minimum Gasteiger partial charge on any atom is -0.401 e. The number of hydroxylamine groups is 2. The van der Waals surface area contributed by atoms with Crippen molar-refractivity contribution in [3.8, 4) is 0 Å². The molecule has 0 radical (unpaired) electrons. The number of hydrogen-bond acceptors (Lipinski definition) is 5. The van der Waals surface area contributed by atoms with Crippen LogP contribution in [0.2, 0.25) is 0 Å². The Morgan fingerprint density at radius 1 is 0.903 bits per heavy atom. The lowest BCUT2D eigenvalue weighted by Crippen LogP contribution is -2.61. The fourth-order valence-electron chi connectivity index (χ4n) is 4.74. The zero-order chi connectivity index (χ0) is 23.5. The Morgan fingerprint density at radius 2 is 1.45 bits per heavy atom. The van der Waals surface area contributed by atoms with Crippen LogP contribution in [0.1, 0.15) is 108 Å². The van der Waals surface area contributed by atoms with Gasteiger partial charge in [0.25, 0.3) is 0 Å². The van der Waals surface area contributed by atoms with Crippen LogP contribution in [-0.2, 0) is 18.9 Å². The second-order valence-corrected chi connectivity index (χ2v) is 11.5. The highest BCUT2D eigenvalue weighted by Gasteiger charge is 2.57. The summed E-state index contributed by atoms with van der Waals surface area (Å²) in [5.41, 5.74) is -0.870. The summed E-state index contributed by atoms with van der Waals surface area (Å²) in [6, 6.07) is -0.309. The molecule has 0 N–H and O–H groups in total. The van der Waals surface area contributed by atoms with Crippen molar-refractivity contribution in [1.82, 2.24) is 5.06 Å². The molecule has 2 aliphatic heterocycles. The van der Waals surface area contributed by atoms with E-state index >= 15 is 0 Å². The quantitative estimate of drug-likeness (QED) is 0.305. The van der Waals surface area contributed by atoms with E-state index in [2.05, 4.69) is 86.5 Å². The topological polar surface area (TPSA) is 40.2 Å². The summed E-state index contributed by atoms with van der Waals surface area (Å²) in [6.45, 7) is 22.3. The molecule has 31 heavy (non-hydrogen) atoms. The molecule has 0 amide bonds. The molecular formula is C25H48BNO4. The van der Waals surface area contributed by atoms with Crippen molar-refractivity contribution in [2.75, 3.05) is 6.61 Å². The van der Waals surface area contributed by atoms with Crippen molar-refractivity contribution in [3.63, 3.8) is 0 Å². The van der Waals surface area contributed by atoms with Crippen LogP contribution in [0.4, 0.5) is 0 Å². The van der Waals surface area contributed by atoms with Gasteiger partial charge in [-0.05, 0) is 87.5 Å². The molecule has 0 aromatic carbocycles. The lowest BCUT2D eigenvalue weighted by molar-refractivity contribution is -0.315. The van der Waals surface area contributed by atoms with Gasteiger partial charge in [0.2, 0.25) is 0 Å². The van der Waals surface area contributed by atoms with Gasteiger partial charge in [-0.2, -0.15) is 5.06 Å². The molecule has 0 bridgehead atoms. The van der Waals surface area contributed by atoms with E-state index in [-0.39, 0.29) is 23.2 Å². The highest BCUT2D eigenvalue weighted by molar-refractivity contribution is 6.47. The largest absolute Gasteiger partial charge is 0.491 e. The van der Waals surface area contributed by atoms with Gasteiger partial charge in [0, 0.05) is 11.1 Å². The van der Waals surface area contributed by atoms with Gasteiger partial charge in [-0.25, -0.2) is 0 Å². The van der Waals surface area contributed by atoms with Crippen molar-refractivity contribution < 1.29 is 18.9 Å². The monoisotopic (exact) mass is 437 g/mol. The first kappa shape index (κ1) is 26.9. The fraction of sp³-hybridized carbons (Fsp3) is 0.920. The van der Waals surface area contributed by atoms with Gasteiger partial charge in [-0.15, -0.1) is 0 Å². The fourth-order valence-corrected chi connectivity index (χ4v) is 4.74. The number of allylic oxidation sites excluding steroid dienone is 1. The van der Waals surface area contributed by atoms with Gasteiger partial charge < -0.3 is 14.0 Å². The molecule has 0 aromatic rings. The van der Waals surface area contributed by atoms with E-state index in [1.807, 2.05) is 0 Å². The maximum absolute atomic E-state index is 6.85. The SMILES string of the molecule is CC/C=C\COC(B1OC(C)(C)C(C)(C)O1)C(CCC)ON1C(C)(C)CCCC1(C)C. The van der Waals surface area contributed by atoms with E-state index in [1.165, 1.54) is 6.42 Å². The van der Waals surface area contributed by atoms with Gasteiger partial charge in [0.1, 0.15) is 12.1 Å². The van der Waals surface area contributed by atoms with Gasteiger partial charge >= 0.3 is 7.12 Å². The second-order valence-electron chi connectivity index (χ2n) is 11.5. The lowest BCUT2D eigenvalue weighted by Gasteiger charge is -2.53. The summed E-state index contributed by atoms with van der Waals surface area (Å²) < 4.78 is 19.3. The summed E-state index contributed by atoms with van der Waals surface area (Å²) in [5.74, 6) is 0. The Kier molecular flexibility index (Phi) is 8.88. The molecule has 2 rings (SSSR count). The molecule has 2 fully saturated rings. The van der Waals surface area contributed by atoms with Gasteiger partial charge in [-0.1, -0.05) is 32.4 Å². The number of ether oxygens (including phenoxy) is 1. The second kappa shape index (κ2) is 10.3. The van der Waals surface area contributed by atoms with Crippen LogP contribution in [0.5, 0.6) is 0 Å². The average molecular weight is 437 g/mol. The molecule has 2 atom stereocenters. The first-order valence-electron chi connectivity index (χ1n) is 12.4. The molecule has 6 heteroatoms. The number of rotatable bonds is 10. The molecule has 0 aromatic heterocycles. The van der Waals surface area contributed by atoms with Crippen LogP contribution in [-0.4, -0.2) is 53.2 Å². The van der Waals surface area contributed by atoms with Crippen LogP contribution in [0.15, 0.2) is 12.2 Å². The van der Waals surface area contributed by atoms with Crippen molar-refractivity contribution in [2.45, 2.75) is 142 Å². The molecule has 180 valence electrons. The number of nitrogens with zero attached hydrogens (tertiary/aromatic N) is 1. The van der Waals surface area contributed by atoms with E-state index in [1.54, 1.807) is 0 Å². The Balaban J connectivity index is 2.31. The predicted molar refractivity (Wildman–Crippen MR) is 129 cm³/mol. The molecule has 0 spiro atoms. The molecular weight excluding hydrogens is 389 g/mol. The van der Waals surface area contributed by atoms with Gasteiger partial charge in [0.15, 0.2) is 0 Å². The Morgan fingerprint density at radius 3 is 1.94 bits per heavy atom. The van der Waals surface area contributed by atoms with Crippen molar-refractivity contribution in [3.05, 3.63) is 12.2 Å². The minimum absolute atomic E-state index is 0.0314. The average Bonchev–Trinajstić information content (AvgIpc) is 2.84. The third-order valence-electron chi connectivity index (χ3n) is 7.18.